The van der Waals surface area contributed by atoms with Gasteiger partial charge >= 0.3 is 25.4 Å². The number of halogens is 4. The van der Waals surface area contributed by atoms with E-state index in [0.717, 1.165) is 106 Å². The van der Waals surface area contributed by atoms with Crippen molar-refractivity contribution in [2.45, 2.75) is 105 Å². The van der Waals surface area contributed by atoms with E-state index in [1.807, 2.05) is 80.5 Å². The number of pyridine rings is 2. The number of ether oxygens (including phenoxy) is 2. The summed E-state index contributed by atoms with van der Waals surface area (Å²) in [7, 11) is 3.28. The molecular weight excluding hydrogens is 1110 g/mol. The SMILES string of the molecule is CC[C@@H]1CCN(C(=O)Nc2ccc(C)c(-c3cc(Cl)nc(N4CCOCC4)c3)c2)C1.CN=CC(=C(C)N)c1cc(-c2cc(NC(=O)N3CC[C@@H](CC(F)(F)F)C3)ccc2C)cc(N2CCOCC2)n1.Cc1nn(C)cc1B1OC(C)(C)C(C)(C)O1. The maximum atomic E-state index is 12.9. The van der Waals surface area contributed by atoms with Crippen LogP contribution in [0.1, 0.15) is 89.7 Å². The van der Waals surface area contributed by atoms with Crippen LogP contribution in [0.3, 0.4) is 0 Å². The Balaban J connectivity index is 0.000000180. The Hall–Kier alpha value is -6.72. The number of morpholine rings is 2. The van der Waals surface area contributed by atoms with Crippen LogP contribution in [0, 0.1) is 32.6 Å². The van der Waals surface area contributed by atoms with Crippen molar-refractivity contribution in [1.29, 1.82) is 0 Å². The Bertz CT molecular complexity index is 3200. The number of carbonyl (C=O) groups is 2. The lowest BCUT2D eigenvalue weighted by molar-refractivity contribution is -0.143. The number of amides is 4. The average molecular weight is 1200 g/mol. The minimum absolute atomic E-state index is 0.0254. The number of rotatable bonds is 11. The molecule has 5 saturated heterocycles. The standard InChI is InChI=1S/C28H35F3N6O2.C23H29ClN4O2.C11H19BN2O2/c1-18-4-5-22(34-27(38)37-7-6-20(17-37)15-28(29,30)31)14-23(18)21-12-25(24(16-33-3)19(2)32)35-26(13-21)36-8-10-39-11-9-36;1-3-17-6-7-28(15-17)23(29)25-19-5-4-16(2)20(14-19)18-12-21(24)26-22(13-18)27-8-10-30-11-9-27;1-8-9(7-14(6)13-8)12-15-10(2,3)11(4,5)16-12/h4-5,12-14,16,20H,6-11,15,17,32H2,1-3H3,(H,34,38);4-5,12-14,17H,3,6-11,15H2,1-2H3,(H,25,29);7H,1-6H3/t20-;17-;/m01./s1. The third kappa shape index (κ3) is 16.6. The van der Waals surface area contributed by atoms with E-state index in [2.05, 4.69) is 83.1 Å². The fourth-order valence-corrected chi connectivity index (χ4v) is 11.2. The van der Waals surface area contributed by atoms with Gasteiger partial charge in [0.2, 0.25) is 0 Å². The highest BCUT2D eigenvalue weighted by molar-refractivity contribution is 6.62. The minimum atomic E-state index is -4.23. The zero-order valence-electron chi connectivity index (χ0n) is 51.0. The zero-order chi connectivity index (χ0) is 61.4. The Morgan fingerprint density at radius 3 is 1.72 bits per heavy atom. The van der Waals surface area contributed by atoms with Crippen molar-refractivity contribution in [1.82, 2.24) is 29.5 Å². The number of allylic oxidation sites excluding steroid dienone is 2. The van der Waals surface area contributed by atoms with Gasteiger partial charge in [-0.2, -0.15) is 18.3 Å². The molecule has 2 atom stereocenters. The number of nitrogens with zero attached hydrogens (tertiary/aromatic N) is 9. The second-order valence-corrected chi connectivity index (χ2v) is 24.0. The first kappa shape index (κ1) is 64.3. The molecule has 4 N–H and O–H groups in total. The van der Waals surface area contributed by atoms with Gasteiger partial charge in [0.05, 0.1) is 49.0 Å². The number of aliphatic imine (C=N–C) groups is 1. The van der Waals surface area contributed by atoms with Crippen molar-refractivity contribution >= 4 is 71.0 Å². The van der Waals surface area contributed by atoms with Crippen molar-refractivity contribution < 1.29 is 41.5 Å². The maximum Gasteiger partial charge on any atom is 0.498 e. The lowest BCUT2D eigenvalue weighted by Crippen LogP contribution is -2.41. The second-order valence-electron chi connectivity index (χ2n) is 23.6. The summed E-state index contributed by atoms with van der Waals surface area (Å²) in [6.45, 7) is 25.9. The molecule has 3 aromatic heterocycles. The Morgan fingerprint density at radius 1 is 0.765 bits per heavy atom. The molecule has 458 valence electrons. The second kappa shape index (κ2) is 27.8. The molecule has 2 aromatic carbocycles. The Morgan fingerprint density at radius 2 is 1.26 bits per heavy atom. The van der Waals surface area contributed by atoms with Crippen LogP contribution in [0.4, 0.5) is 45.8 Å². The van der Waals surface area contributed by atoms with Crippen LogP contribution in [0.2, 0.25) is 5.15 Å². The molecule has 10 rings (SSSR count). The number of likely N-dealkylation sites (tertiary alicyclic amines) is 2. The van der Waals surface area contributed by atoms with Crippen LogP contribution in [0.15, 0.2) is 77.5 Å². The van der Waals surface area contributed by atoms with Crippen molar-refractivity contribution in [3.8, 4) is 22.3 Å². The van der Waals surface area contributed by atoms with E-state index < -0.39 is 24.5 Å². The highest BCUT2D eigenvalue weighted by Gasteiger charge is 2.52. The number of alkyl halides is 3. The summed E-state index contributed by atoms with van der Waals surface area (Å²) >= 11 is 6.36. The van der Waals surface area contributed by atoms with Crippen molar-refractivity contribution in [3.63, 3.8) is 0 Å². The molecule has 0 aliphatic carbocycles. The lowest BCUT2D eigenvalue weighted by atomic mass is 9.79. The van der Waals surface area contributed by atoms with Gasteiger partial charge in [-0.25, -0.2) is 19.6 Å². The van der Waals surface area contributed by atoms with Gasteiger partial charge in [0.15, 0.2) is 0 Å². The topological polar surface area (TPSA) is 190 Å². The molecule has 5 aliphatic rings. The van der Waals surface area contributed by atoms with Crippen molar-refractivity contribution in [2.75, 3.05) is 106 Å². The Labute approximate surface area is 503 Å². The first-order valence-corrected chi connectivity index (χ1v) is 29.7. The number of benzene rings is 2. The van der Waals surface area contributed by atoms with E-state index in [1.54, 1.807) is 30.9 Å². The third-order valence-electron chi connectivity index (χ3n) is 16.6. The molecule has 0 radical (unpaired) electrons. The van der Waals surface area contributed by atoms with Crippen LogP contribution in [-0.4, -0.2) is 158 Å². The number of urea groups is 2. The summed E-state index contributed by atoms with van der Waals surface area (Å²) in [6.07, 6.45) is 1.09. The van der Waals surface area contributed by atoms with Gasteiger partial charge in [-0.3, -0.25) is 9.67 Å². The highest BCUT2D eigenvalue weighted by atomic mass is 35.5. The van der Waals surface area contributed by atoms with Crippen LogP contribution < -0.4 is 31.6 Å². The first-order chi connectivity index (χ1) is 40.3. The van der Waals surface area contributed by atoms with Crippen molar-refractivity contribution in [2.24, 2.45) is 29.6 Å². The average Bonchev–Trinajstić information content (AvgIpc) is 2.61. The molecular formula is C62H83BClF3N12O6. The summed E-state index contributed by atoms with van der Waals surface area (Å²) in [5.74, 6) is 1.69. The Kier molecular flexibility index (Phi) is 21.0. The molecule has 23 heteroatoms. The summed E-state index contributed by atoms with van der Waals surface area (Å²) in [6, 6.07) is 19.1. The molecule has 0 spiro atoms. The molecule has 0 bridgehead atoms. The fraction of sp³-hybridized carbons (Fsp3) is 0.516. The zero-order valence-corrected chi connectivity index (χ0v) is 51.8. The molecule has 5 fully saturated rings. The van der Waals surface area contributed by atoms with Gasteiger partial charge in [0.1, 0.15) is 16.8 Å². The molecule has 0 saturated carbocycles. The van der Waals surface area contributed by atoms with Crippen LogP contribution >= 0.6 is 11.6 Å². The lowest BCUT2D eigenvalue weighted by Gasteiger charge is -2.32. The maximum absolute atomic E-state index is 12.9. The van der Waals surface area contributed by atoms with Crippen molar-refractivity contribution in [3.05, 3.63) is 100 Å². The predicted octanol–water partition coefficient (Wildman–Crippen LogP) is 10.9. The monoisotopic (exact) mass is 1190 g/mol. The number of hydrogen-bond donors (Lipinski definition) is 3. The van der Waals surface area contributed by atoms with Crippen LogP contribution in [0.5, 0.6) is 0 Å². The number of carbonyl (C=O) groups excluding carboxylic acids is 2. The third-order valence-corrected chi connectivity index (χ3v) is 16.8. The summed E-state index contributed by atoms with van der Waals surface area (Å²) in [5, 5.41) is 10.7. The predicted molar refractivity (Wildman–Crippen MR) is 333 cm³/mol. The fourth-order valence-electron chi connectivity index (χ4n) is 11.0. The number of aromatic nitrogens is 4. The van der Waals surface area contributed by atoms with E-state index >= 15 is 0 Å². The number of aryl methyl sites for hydroxylation is 4. The minimum Gasteiger partial charge on any atom is -0.402 e. The number of anilines is 4. The van der Waals surface area contributed by atoms with Gasteiger partial charge in [-0.1, -0.05) is 37.1 Å². The highest BCUT2D eigenvalue weighted by Crippen LogP contribution is 2.38. The quantitative estimate of drug-likeness (QED) is 0.0646. The van der Waals surface area contributed by atoms with E-state index in [9.17, 15) is 22.8 Å². The molecule has 4 amide bonds. The molecule has 5 aliphatic heterocycles. The van der Waals surface area contributed by atoms with E-state index in [-0.39, 0.29) is 30.9 Å². The number of nitrogens with one attached hydrogen (secondary N) is 2. The van der Waals surface area contributed by atoms with E-state index in [4.69, 9.17) is 41.1 Å². The van der Waals surface area contributed by atoms with Gasteiger partial charge in [-0.05, 0) is 162 Å². The van der Waals surface area contributed by atoms with Gasteiger partial charge in [0, 0.05) is 113 Å². The molecule has 5 aromatic rings. The normalized spacial score (nSPS) is 19.8. The smallest absolute Gasteiger partial charge is 0.402 e. The van der Waals surface area contributed by atoms with Crippen LogP contribution in [0.25, 0.3) is 27.8 Å². The largest absolute Gasteiger partial charge is 0.498 e. The van der Waals surface area contributed by atoms with E-state index in [0.29, 0.717) is 80.6 Å². The van der Waals surface area contributed by atoms with Gasteiger partial charge in [-0.15, -0.1) is 0 Å². The molecule has 8 heterocycles. The summed E-state index contributed by atoms with van der Waals surface area (Å²) in [5.41, 5.74) is 16.9. The number of hydrogen-bond acceptors (Lipinski definition) is 13. The molecule has 0 unspecified atom stereocenters. The van der Waals surface area contributed by atoms with Gasteiger partial charge in [0.25, 0.3) is 0 Å². The molecule has 18 nitrogen and oxygen atoms in total. The van der Waals surface area contributed by atoms with Crippen LogP contribution in [-0.2, 0) is 25.8 Å². The number of nitrogens with two attached hydrogens (primary N) is 1. The first-order valence-electron chi connectivity index (χ1n) is 29.3. The molecule has 85 heavy (non-hydrogen) atoms. The summed E-state index contributed by atoms with van der Waals surface area (Å²) < 4.78 is 63.1. The summed E-state index contributed by atoms with van der Waals surface area (Å²) in [4.78, 5) is 46.8. The van der Waals surface area contributed by atoms with Gasteiger partial charge < -0.3 is 54.7 Å². The van der Waals surface area contributed by atoms with E-state index in [1.165, 1.54) is 4.90 Å².